The highest BCUT2D eigenvalue weighted by Crippen LogP contribution is 2.19. The number of rotatable bonds is 5. The van der Waals surface area contributed by atoms with Crippen molar-refractivity contribution in [2.75, 3.05) is 0 Å². The van der Waals surface area contributed by atoms with Crippen LogP contribution in [0.2, 0.25) is 0 Å². The standard InChI is InChI=1S/C17H16O4/c1-13(18)21-16-10-6-5-9-15(16)11-17(19)20-12-14-7-3-2-4-8-14/h2-10H,11-12H2,1H3. The van der Waals surface area contributed by atoms with E-state index in [2.05, 4.69) is 0 Å². The first kappa shape index (κ1) is 14.8. The predicted octanol–water partition coefficient (Wildman–Crippen LogP) is 2.90. The van der Waals surface area contributed by atoms with Gasteiger partial charge in [0, 0.05) is 12.5 Å². The Kier molecular flexibility index (Phi) is 5.10. The lowest BCUT2D eigenvalue weighted by Crippen LogP contribution is -2.10. The molecule has 2 aromatic carbocycles. The summed E-state index contributed by atoms with van der Waals surface area (Å²) < 4.78 is 10.3. The molecule has 0 aliphatic carbocycles. The van der Waals surface area contributed by atoms with E-state index in [0.717, 1.165) is 5.56 Å². The highest BCUT2D eigenvalue weighted by atomic mass is 16.5. The lowest BCUT2D eigenvalue weighted by Gasteiger charge is -2.09. The minimum Gasteiger partial charge on any atom is -0.461 e. The molecule has 0 aliphatic rings. The molecule has 0 aliphatic heterocycles. The van der Waals surface area contributed by atoms with Gasteiger partial charge < -0.3 is 9.47 Å². The summed E-state index contributed by atoms with van der Waals surface area (Å²) in [7, 11) is 0. The van der Waals surface area contributed by atoms with Gasteiger partial charge in [0.15, 0.2) is 0 Å². The van der Waals surface area contributed by atoms with E-state index in [1.807, 2.05) is 30.3 Å². The number of hydrogen-bond donors (Lipinski definition) is 0. The molecule has 0 unspecified atom stereocenters. The van der Waals surface area contributed by atoms with Crippen LogP contribution in [-0.2, 0) is 27.4 Å². The fourth-order valence-corrected chi connectivity index (χ4v) is 1.85. The maximum Gasteiger partial charge on any atom is 0.310 e. The Balaban J connectivity index is 1.95. The Morgan fingerprint density at radius 2 is 1.62 bits per heavy atom. The zero-order valence-electron chi connectivity index (χ0n) is 11.7. The average molecular weight is 284 g/mol. The Morgan fingerprint density at radius 3 is 2.33 bits per heavy atom. The maximum atomic E-state index is 11.9. The van der Waals surface area contributed by atoms with Gasteiger partial charge in [0.2, 0.25) is 0 Å². The van der Waals surface area contributed by atoms with E-state index >= 15 is 0 Å². The number of benzene rings is 2. The molecule has 0 N–H and O–H groups in total. The lowest BCUT2D eigenvalue weighted by molar-refractivity contribution is -0.144. The third-order valence-corrected chi connectivity index (χ3v) is 2.80. The number of para-hydroxylation sites is 1. The van der Waals surface area contributed by atoms with Crippen LogP contribution in [0.25, 0.3) is 0 Å². The van der Waals surface area contributed by atoms with Crippen LogP contribution in [0.4, 0.5) is 0 Å². The zero-order chi connectivity index (χ0) is 15.1. The van der Waals surface area contributed by atoms with E-state index in [0.29, 0.717) is 11.3 Å². The number of hydrogen-bond acceptors (Lipinski definition) is 4. The molecule has 0 amide bonds. The number of carbonyl (C=O) groups excluding carboxylic acids is 2. The van der Waals surface area contributed by atoms with Gasteiger partial charge in [-0.2, -0.15) is 0 Å². The van der Waals surface area contributed by atoms with Gasteiger partial charge >= 0.3 is 11.9 Å². The fourth-order valence-electron chi connectivity index (χ4n) is 1.85. The fraction of sp³-hybridized carbons (Fsp3) is 0.176. The molecule has 0 heterocycles. The molecular formula is C17H16O4. The van der Waals surface area contributed by atoms with Crippen molar-refractivity contribution >= 4 is 11.9 Å². The first-order valence-electron chi connectivity index (χ1n) is 6.61. The maximum absolute atomic E-state index is 11.9. The molecular weight excluding hydrogens is 268 g/mol. The third-order valence-electron chi connectivity index (χ3n) is 2.80. The molecule has 0 bridgehead atoms. The molecule has 4 nitrogen and oxygen atoms in total. The van der Waals surface area contributed by atoms with Crippen LogP contribution in [0.3, 0.4) is 0 Å². The molecule has 0 atom stereocenters. The minimum atomic E-state index is -0.417. The van der Waals surface area contributed by atoms with E-state index in [-0.39, 0.29) is 19.0 Å². The van der Waals surface area contributed by atoms with Gasteiger partial charge in [-0.3, -0.25) is 9.59 Å². The van der Waals surface area contributed by atoms with Gasteiger partial charge in [-0.05, 0) is 11.6 Å². The average Bonchev–Trinajstić information content (AvgIpc) is 2.48. The molecule has 0 aromatic heterocycles. The third kappa shape index (κ3) is 4.76. The van der Waals surface area contributed by atoms with Crippen molar-refractivity contribution in [1.82, 2.24) is 0 Å². The summed E-state index contributed by atoms with van der Waals surface area (Å²) >= 11 is 0. The van der Waals surface area contributed by atoms with E-state index in [9.17, 15) is 9.59 Å². The van der Waals surface area contributed by atoms with Crippen molar-refractivity contribution in [3.8, 4) is 5.75 Å². The van der Waals surface area contributed by atoms with Crippen LogP contribution in [-0.4, -0.2) is 11.9 Å². The molecule has 0 radical (unpaired) electrons. The monoisotopic (exact) mass is 284 g/mol. The van der Waals surface area contributed by atoms with Crippen LogP contribution >= 0.6 is 0 Å². The van der Waals surface area contributed by atoms with Gasteiger partial charge in [-0.25, -0.2) is 0 Å². The largest absolute Gasteiger partial charge is 0.461 e. The predicted molar refractivity (Wildman–Crippen MR) is 77.7 cm³/mol. The van der Waals surface area contributed by atoms with Crippen molar-refractivity contribution in [3.05, 3.63) is 65.7 Å². The molecule has 0 saturated heterocycles. The van der Waals surface area contributed by atoms with Crippen LogP contribution in [0.1, 0.15) is 18.1 Å². The SMILES string of the molecule is CC(=O)Oc1ccccc1CC(=O)OCc1ccccc1. The first-order valence-corrected chi connectivity index (χ1v) is 6.61. The molecule has 0 saturated carbocycles. The van der Waals surface area contributed by atoms with E-state index < -0.39 is 5.97 Å². The number of esters is 2. The van der Waals surface area contributed by atoms with Crippen molar-refractivity contribution in [3.63, 3.8) is 0 Å². The second-order valence-corrected chi connectivity index (χ2v) is 4.52. The van der Waals surface area contributed by atoms with Crippen LogP contribution < -0.4 is 4.74 Å². The minimum absolute atomic E-state index is 0.0658. The van der Waals surface area contributed by atoms with Crippen molar-refractivity contribution in [1.29, 1.82) is 0 Å². The number of carbonyl (C=O) groups is 2. The van der Waals surface area contributed by atoms with Gasteiger partial charge in [0.25, 0.3) is 0 Å². The summed E-state index contributed by atoms with van der Waals surface area (Å²) in [5, 5.41) is 0. The Bertz CT molecular complexity index is 620. The highest BCUT2D eigenvalue weighted by molar-refractivity contribution is 5.75. The van der Waals surface area contributed by atoms with Gasteiger partial charge in [0.05, 0.1) is 6.42 Å². The summed E-state index contributed by atoms with van der Waals surface area (Å²) in [6, 6.07) is 16.4. The summed E-state index contributed by atoms with van der Waals surface area (Å²) in [6.07, 6.45) is 0.0658. The summed E-state index contributed by atoms with van der Waals surface area (Å²) in [5.74, 6) is -0.389. The molecule has 0 fully saturated rings. The summed E-state index contributed by atoms with van der Waals surface area (Å²) in [6.45, 7) is 1.56. The van der Waals surface area contributed by atoms with E-state index in [4.69, 9.17) is 9.47 Å². The summed E-state index contributed by atoms with van der Waals surface area (Å²) in [4.78, 5) is 22.9. The molecule has 108 valence electrons. The Morgan fingerprint density at radius 1 is 0.952 bits per heavy atom. The van der Waals surface area contributed by atoms with Crippen LogP contribution in [0.5, 0.6) is 5.75 Å². The second-order valence-electron chi connectivity index (χ2n) is 4.52. The van der Waals surface area contributed by atoms with Gasteiger partial charge in [0.1, 0.15) is 12.4 Å². The first-order chi connectivity index (χ1) is 10.1. The van der Waals surface area contributed by atoms with Crippen molar-refractivity contribution < 1.29 is 19.1 Å². The normalized spacial score (nSPS) is 9.95. The van der Waals surface area contributed by atoms with E-state index in [1.54, 1.807) is 24.3 Å². The molecule has 2 rings (SSSR count). The van der Waals surface area contributed by atoms with Gasteiger partial charge in [-0.15, -0.1) is 0 Å². The Hall–Kier alpha value is -2.62. The second kappa shape index (κ2) is 7.24. The lowest BCUT2D eigenvalue weighted by atomic mass is 10.1. The molecule has 0 spiro atoms. The summed E-state index contributed by atoms with van der Waals surface area (Å²) in [5.41, 5.74) is 1.56. The highest BCUT2D eigenvalue weighted by Gasteiger charge is 2.11. The molecule has 21 heavy (non-hydrogen) atoms. The molecule has 4 heteroatoms. The van der Waals surface area contributed by atoms with Crippen LogP contribution in [0, 0.1) is 0 Å². The van der Waals surface area contributed by atoms with E-state index in [1.165, 1.54) is 6.92 Å². The topological polar surface area (TPSA) is 52.6 Å². The van der Waals surface area contributed by atoms with Gasteiger partial charge in [-0.1, -0.05) is 48.5 Å². The quantitative estimate of drug-likeness (QED) is 0.626. The van der Waals surface area contributed by atoms with Crippen molar-refractivity contribution in [2.24, 2.45) is 0 Å². The zero-order valence-corrected chi connectivity index (χ0v) is 11.7. The Labute approximate surface area is 123 Å². The van der Waals surface area contributed by atoms with Crippen molar-refractivity contribution in [2.45, 2.75) is 20.0 Å². The smallest absolute Gasteiger partial charge is 0.310 e. The molecule has 2 aromatic rings. The van der Waals surface area contributed by atoms with Crippen LogP contribution in [0.15, 0.2) is 54.6 Å². The number of ether oxygens (including phenoxy) is 2.